The van der Waals surface area contributed by atoms with Crippen molar-refractivity contribution in [1.29, 1.82) is 0 Å². The monoisotopic (exact) mass is 290 g/mol. The lowest BCUT2D eigenvalue weighted by molar-refractivity contribution is 0.165. The van der Waals surface area contributed by atoms with E-state index in [9.17, 15) is 9.50 Å². The van der Waals surface area contributed by atoms with Gasteiger partial charge < -0.3 is 5.11 Å². The Morgan fingerprint density at radius 2 is 2.33 bits per heavy atom. The van der Waals surface area contributed by atoms with Crippen LogP contribution in [0.1, 0.15) is 30.6 Å². The first kappa shape index (κ1) is 11.4. The molecule has 1 heterocycles. The normalized spacial score (nSPS) is 25.1. The van der Waals surface area contributed by atoms with Crippen LogP contribution in [0.4, 0.5) is 4.39 Å². The standard InChI is InChI=1S/C11H12BrFOS/c1-2-9-11(14)10-6(5-15-9)7(12)3-4-8(10)13/h3-4,9,11,14H,2,5H2,1H3. The number of hydrogen-bond acceptors (Lipinski definition) is 2. The molecule has 15 heavy (non-hydrogen) atoms. The summed E-state index contributed by atoms with van der Waals surface area (Å²) in [6.45, 7) is 2.02. The van der Waals surface area contributed by atoms with Crippen LogP contribution < -0.4 is 0 Å². The average molecular weight is 291 g/mol. The van der Waals surface area contributed by atoms with E-state index in [-0.39, 0.29) is 11.1 Å². The fourth-order valence-corrected chi connectivity index (χ4v) is 3.80. The smallest absolute Gasteiger partial charge is 0.129 e. The molecule has 1 aliphatic rings. The highest BCUT2D eigenvalue weighted by Crippen LogP contribution is 2.42. The SMILES string of the molecule is CCC1SCc2c(Br)ccc(F)c2C1O. The molecule has 0 fully saturated rings. The second-order valence-corrected chi connectivity index (χ2v) is 5.71. The van der Waals surface area contributed by atoms with E-state index in [1.54, 1.807) is 17.8 Å². The first-order chi connectivity index (χ1) is 7.15. The van der Waals surface area contributed by atoms with Gasteiger partial charge in [-0.3, -0.25) is 0 Å². The fraction of sp³-hybridized carbons (Fsp3) is 0.455. The molecule has 2 atom stereocenters. The van der Waals surface area contributed by atoms with E-state index < -0.39 is 6.10 Å². The summed E-state index contributed by atoms with van der Waals surface area (Å²) < 4.78 is 14.5. The maximum Gasteiger partial charge on any atom is 0.129 e. The molecule has 2 rings (SSSR count). The van der Waals surface area contributed by atoms with Crippen LogP contribution in [0.3, 0.4) is 0 Å². The molecule has 0 bridgehead atoms. The molecule has 4 heteroatoms. The zero-order chi connectivity index (χ0) is 11.0. The van der Waals surface area contributed by atoms with Crippen LogP contribution in [0.5, 0.6) is 0 Å². The molecule has 0 spiro atoms. The van der Waals surface area contributed by atoms with Crippen LogP contribution in [0.25, 0.3) is 0 Å². The molecule has 1 nitrogen and oxygen atoms in total. The van der Waals surface area contributed by atoms with Gasteiger partial charge in [-0.1, -0.05) is 22.9 Å². The van der Waals surface area contributed by atoms with Gasteiger partial charge in [0, 0.05) is 21.0 Å². The van der Waals surface area contributed by atoms with Crippen molar-refractivity contribution in [3.05, 3.63) is 33.5 Å². The summed E-state index contributed by atoms with van der Waals surface area (Å²) in [7, 11) is 0. The van der Waals surface area contributed by atoms with Crippen LogP contribution in [0.2, 0.25) is 0 Å². The first-order valence-electron chi connectivity index (χ1n) is 4.91. The van der Waals surface area contributed by atoms with Gasteiger partial charge in [0.2, 0.25) is 0 Å². The highest BCUT2D eigenvalue weighted by molar-refractivity contribution is 9.10. The minimum absolute atomic E-state index is 0.112. The number of aliphatic hydroxyl groups is 1. The van der Waals surface area contributed by atoms with E-state index in [4.69, 9.17) is 0 Å². The second-order valence-electron chi connectivity index (χ2n) is 3.62. The lowest BCUT2D eigenvalue weighted by Gasteiger charge is -2.29. The number of aliphatic hydroxyl groups excluding tert-OH is 1. The maximum absolute atomic E-state index is 13.6. The van der Waals surface area contributed by atoms with Crippen LogP contribution >= 0.6 is 27.7 Å². The van der Waals surface area contributed by atoms with E-state index in [2.05, 4.69) is 15.9 Å². The highest BCUT2D eigenvalue weighted by Gasteiger charge is 2.30. The molecule has 2 unspecified atom stereocenters. The van der Waals surface area contributed by atoms with Crippen molar-refractivity contribution in [2.24, 2.45) is 0 Å². The Bertz CT molecular complexity index is 383. The zero-order valence-corrected chi connectivity index (χ0v) is 10.7. The Kier molecular flexibility index (Phi) is 3.38. The molecule has 0 radical (unpaired) electrons. The molecule has 82 valence electrons. The fourth-order valence-electron chi connectivity index (χ4n) is 1.88. The van der Waals surface area contributed by atoms with Gasteiger partial charge in [0.25, 0.3) is 0 Å². The van der Waals surface area contributed by atoms with Gasteiger partial charge in [0.15, 0.2) is 0 Å². The number of fused-ring (bicyclic) bond motifs is 1. The van der Waals surface area contributed by atoms with Crippen LogP contribution in [0, 0.1) is 5.82 Å². The number of rotatable bonds is 1. The van der Waals surface area contributed by atoms with Gasteiger partial charge in [-0.25, -0.2) is 4.39 Å². The number of thioether (sulfide) groups is 1. The predicted octanol–water partition coefficient (Wildman–Crippen LogP) is 3.65. The summed E-state index contributed by atoms with van der Waals surface area (Å²) in [6.07, 6.45) is 0.179. The van der Waals surface area contributed by atoms with Crippen molar-refractivity contribution < 1.29 is 9.50 Å². The quantitative estimate of drug-likeness (QED) is 0.852. The van der Waals surface area contributed by atoms with E-state index in [0.717, 1.165) is 22.2 Å². The van der Waals surface area contributed by atoms with Crippen molar-refractivity contribution in [1.82, 2.24) is 0 Å². The van der Waals surface area contributed by atoms with Crippen molar-refractivity contribution in [3.8, 4) is 0 Å². The Morgan fingerprint density at radius 3 is 3.00 bits per heavy atom. The Hall–Kier alpha value is -0.0600. The number of benzene rings is 1. The molecule has 0 amide bonds. The molecule has 1 N–H and O–H groups in total. The largest absolute Gasteiger partial charge is 0.387 e. The molecule has 0 saturated heterocycles. The van der Waals surface area contributed by atoms with E-state index in [0.29, 0.717) is 5.56 Å². The summed E-state index contributed by atoms with van der Waals surface area (Å²) in [4.78, 5) is 0. The van der Waals surface area contributed by atoms with Gasteiger partial charge in [0.1, 0.15) is 5.82 Å². The van der Waals surface area contributed by atoms with Crippen molar-refractivity contribution in [3.63, 3.8) is 0 Å². The van der Waals surface area contributed by atoms with Crippen LogP contribution in [-0.4, -0.2) is 10.4 Å². The van der Waals surface area contributed by atoms with Crippen LogP contribution in [0.15, 0.2) is 16.6 Å². The molecule has 1 aromatic carbocycles. The van der Waals surface area contributed by atoms with Crippen molar-refractivity contribution in [2.75, 3.05) is 0 Å². The molecule has 0 aliphatic carbocycles. The van der Waals surface area contributed by atoms with E-state index in [1.165, 1.54) is 6.07 Å². The average Bonchev–Trinajstić information content (AvgIpc) is 2.23. The highest BCUT2D eigenvalue weighted by atomic mass is 79.9. The summed E-state index contributed by atoms with van der Waals surface area (Å²) in [5, 5.41) is 10.2. The second kappa shape index (κ2) is 4.44. The van der Waals surface area contributed by atoms with Gasteiger partial charge in [-0.15, -0.1) is 0 Å². The molecule has 1 aromatic rings. The third kappa shape index (κ3) is 1.95. The number of hydrogen-bond donors (Lipinski definition) is 1. The van der Waals surface area contributed by atoms with Crippen LogP contribution in [-0.2, 0) is 5.75 Å². The Balaban J connectivity index is 2.50. The molecule has 1 aliphatic heterocycles. The third-order valence-electron chi connectivity index (χ3n) is 2.74. The summed E-state index contributed by atoms with van der Waals surface area (Å²) in [5.74, 6) is 0.475. The van der Waals surface area contributed by atoms with E-state index in [1.807, 2.05) is 6.92 Å². The topological polar surface area (TPSA) is 20.2 Å². The Labute approximate surface area is 101 Å². The zero-order valence-electron chi connectivity index (χ0n) is 8.34. The van der Waals surface area contributed by atoms with Crippen molar-refractivity contribution in [2.45, 2.75) is 30.5 Å². The van der Waals surface area contributed by atoms with Gasteiger partial charge >= 0.3 is 0 Å². The summed E-state index contributed by atoms with van der Waals surface area (Å²) in [5.41, 5.74) is 1.38. The number of halogens is 2. The minimum Gasteiger partial charge on any atom is -0.387 e. The lowest BCUT2D eigenvalue weighted by Crippen LogP contribution is -2.22. The summed E-state index contributed by atoms with van der Waals surface area (Å²) >= 11 is 5.08. The first-order valence-corrected chi connectivity index (χ1v) is 6.75. The minimum atomic E-state index is -0.679. The molecular weight excluding hydrogens is 279 g/mol. The molecule has 0 aromatic heterocycles. The Morgan fingerprint density at radius 1 is 1.60 bits per heavy atom. The third-order valence-corrected chi connectivity index (χ3v) is 4.96. The van der Waals surface area contributed by atoms with Gasteiger partial charge in [-0.05, 0) is 24.1 Å². The maximum atomic E-state index is 13.6. The van der Waals surface area contributed by atoms with E-state index >= 15 is 0 Å². The summed E-state index contributed by atoms with van der Waals surface area (Å²) in [6, 6.07) is 3.11. The van der Waals surface area contributed by atoms with Crippen molar-refractivity contribution >= 4 is 27.7 Å². The van der Waals surface area contributed by atoms with Gasteiger partial charge in [0.05, 0.1) is 6.10 Å². The lowest BCUT2D eigenvalue weighted by atomic mass is 9.98. The molecule has 0 saturated carbocycles. The molecular formula is C11H12BrFOS. The van der Waals surface area contributed by atoms with Gasteiger partial charge in [-0.2, -0.15) is 11.8 Å². The predicted molar refractivity (Wildman–Crippen MR) is 64.4 cm³/mol.